The van der Waals surface area contributed by atoms with Gasteiger partial charge in [-0.25, -0.2) is 4.79 Å². The van der Waals surface area contributed by atoms with Gasteiger partial charge in [0, 0.05) is 13.0 Å². The number of ether oxygens (including phenoxy) is 1. The van der Waals surface area contributed by atoms with Crippen molar-refractivity contribution in [3.8, 4) is 5.75 Å². The quantitative estimate of drug-likeness (QED) is 0.886. The van der Waals surface area contributed by atoms with Gasteiger partial charge in [0.15, 0.2) is 6.10 Å². The molecule has 1 unspecified atom stereocenters. The summed E-state index contributed by atoms with van der Waals surface area (Å²) in [4.78, 5) is 23.1. The molecule has 1 aliphatic heterocycles. The van der Waals surface area contributed by atoms with Crippen molar-refractivity contribution in [2.24, 2.45) is 0 Å². The largest absolute Gasteiger partial charge is 0.480 e. The fourth-order valence-electron chi connectivity index (χ4n) is 2.63. The van der Waals surface area contributed by atoms with Crippen molar-refractivity contribution in [3.05, 3.63) is 65.2 Å². The van der Waals surface area contributed by atoms with E-state index in [9.17, 15) is 9.59 Å². The summed E-state index contributed by atoms with van der Waals surface area (Å²) in [6.45, 7) is 0.443. The summed E-state index contributed by atoms with van der Waals surface area (Å²) < 4.78 is 5.63. The van der Waals surface area contributed by atoms with Gasteiger partial charge < -0.3 is 15.2 Å². The van der Waals surface area contributed by atoms with Crippen LogP contribution in [0.25, 0.3) is 0 Å². The summed E-state index contributed by atoms with van der Waals surface area (Å²) in [6, 6.07) is 14.4. The van der Waals surface area contributed by atoms with Gasteiger partial charge in [0.2, 0.25) is 0 Å². The van der Waals surface area contributed by atoms with E-state index in [1.165, 1.54) is 0 Å². The Labute approximate surface area is 133 Å². The highest BCUT2D eigenvalue weighted by Crippen LogP contribution is 2.28. The number of fused-ring (bicyclic) bond motifs is 1. The van der Waals surface area contributed by atoms with Gasteiger partial charge in [-0.1, -0.05) is 30.3 Å². The van der Waals surface area contributed by atoms with Gasteiger partial charge in [0.05, 0.1) is 5.56 Å². The number of para-hydroxylation sites is 1. The van der Waals surface area contributed by atoms with E-state index in [2.05, 4.69) is 5.32 Å². The number of carboxylic acids is 1. The van der Waals surface area contributed by atoms with Gasteiger partial charge in [0.25, 0.3) is 5.91 Å². The molecule has 5 heteroatoms. The van der Waals surface area contributed by atoms with Gasteiger partial charge in [-0.15, -0.1) is 0 Å². The molecule has 0 fully saturated rings. The molecule has 1 atom stereocenters. The van der Waals surface area contributed by atoms with E-state index < -0.39 is 12.1 Å². The molecule has 0 spiro atoms. The minimum atomic E-state index is -0.951. The van der Waals surface area contributed by atoms with E-state index in [-0.39, 0.29) is 11.5 Å². The van der Waals surface area contributed by atoms with Crippen molar-refractivity contribution in [1.82, 2.24) is 5.32 Å². The summed E-state index contributed by atoms with van der Waals surface area (Å²) in [7, 11) is 0. The van der Waals surface area contributed by atoms with Crippen LogP contribution in [-0.4, -0.2) is 29.6 Å². The smallest absolute Gasteiger partial charge is 0.335 e. The molecular formula is C18H17NO4. The van der Waals surface area contributed by atoms with E-state index in [0.29, 0.717) is 19.4 Å². The lowest BCUT2D eigenvalue weighted by Crippen LogP contribution is -2.38. The molecule has 0 bridgehead atoms. The minimum Gasteiger partial charge on any atom is -0.480 e. The number of hydrogen-bond donors (Lipinski definition) is 2. The first-order valence-corrected chi connectivity index (χ1v) is 7.48. The van der Waals surface area contributed by atoms with Crippen molar-refractivity contribution in [2.45, 2.75) is 18.9 Å². The summed E-state index contributed by atoms with van der Waals surface area (Å²) in [5.74, 6) is -0.328. The third kappa shape index (κ3) is 3.51. The average molecular weight is 311 g/mol. The normalized spacial score (nSPS) is 15.6. The van der Waals surface area contributed by atoms with Crippen molar-refractivity contribution >= 4 is 11.9 Å². The monoisotopic (exact) mass is 311 g/mol. The number of amides is 1. The zero-order valence-electron chi connectivity index (χ0n) is 12.5. The van der Waals surface area contributed by atoms with E-state index in [0.717, 1.165) is 16.9 Å². The number of aromatic carboxylic acids is 1. The molecule has 0 radical (unpaired) electrons. The highest BCUT2D eigenvalue weighted by Gasteiger charge is 2.28. The first-order valence-electron chi connectivity index (χ1n) is 7.48. The number of benzene rings is 2. The second kappa shape index (κ2) is 6.52. The average Bonchev–Trinajstić information content (AvgIpc) is 2.99. The van der Waals surface area contributed by atoms with Gasteiger partial charge in [-0.05, 0) is 35.7 Å². The van der Waals surface area contributed by atoms with Crippen LogP contribution in [0.4, 0.5) is 0 Å². The van der Waals surface area contributed by atoms with E-state index in [1.807, 2.05) is 30.3 Å². The van der Waals surface area contributed by atoms with Gasteiger partial charge in [-0.3, -0.25) is 4.79 Å². The van der Waals surface area contributed by atoms with Crippen molar-refractivity contribution in [1.29, 1.82) is 0 Å². The third-order valence-electron chi connectivity index (χ3n) is 3.83. The Balaban J connectivity index is 1.51. The fraction of sp³-hybridized carbons (Fsp3) is 0.222. The molecule has 118 valence electrons. The van der Waals surface area contributed by atoms with Gasteiger partial charge >= 0.3 is 5.97 Å². The first-order chi connectivity index (χ1) is 11.1. The molecule has 5 nitrogen and oxygen atoms in total. The maximum absolute atomic E-state index is 12.1. The molecule has 3 rings (SSSR count). The van der Waals surface area contributed by atoms with Crippen LogP contribution in [0.5, 0.6) is 5.75 Å². The summed E-state index contributed by atoms with van der Waals surface area (Å²) in [5.41, 5.74) is 2.17. The molecule has 0 saturated carbocycles. The highest BCUT2D eigenvalue weighted by molar-refractivity contribution is 5.87. The lowest BCUT2D eigenvalue weighted by atomic mass is 10.1. The lowest BCUT2D eigenvalue weighted by molar-refractivity contribution is -0.127. The zero-order chi connectivity index (χ0) is 16.2. The number of carbonyl (C=O) groups is 2. The van der Waals surface area contributed by atoms with Crippen molar-refractivity contribution in [3.63, 3.8) is 0 Å². The molecule has 0 aromatic heterocycles. The molecule has 23 heavy (non-hydrogen) atoms. The molecule has 1 amide bonds. The van der Waals surface area contributed by atoms with Crippen LogP contribution < -0.4 is 10.1 Å². The minimum absolute atomic E-state index is 0.143. The number of nitrogens with one attached hydrogen (secondary N) is 1. The van der Waals surface area contributed by atoms with Crippen LogP contribution in [0.15, 0.2) is 48.5 Å². The van der Waals surface area contributed by atoms with E-state index in [4.69, 9.17) is 9.84 Å². The van der Waals surface area contributed by atoms with E-state index in [1.54, 1.807) is 18.2 Å². The maximum Gasteiger partial charge on any atom is 0.335 e. The standard InChI is InChI=1S/C18H17NO4/c20-17(16-11-13-5-1-2-7-15(13)23-16)19-9-8-12-4-3-6-14(10-12)18(21)22/h1-7,10,16H,8-9,11H2,(H,19,20)(H,21,22). The van der Waals surface area contributed by atoms with Crippen LogP contribution in [0.1, 0.15) is 21.5 Å². The Morgan fingerprint density at radius 3 is 2.78 bits per heavy atom. The van der Waals surface area contributed by atoms with Crippen molar-refractivity contribution < 1.29 is 19.4 Å². The molecule has 2 N–H and O–H groups in total. The number of rotatable bonds is 5. The predicted molar refractivity (Wildman–Crippen MR) is 84.7 cm³/mol. The maximum atomic E-state index is 12.1. The fourth-order valence-corrected chi connectivity index (χ4v) is 2.63. The first kappa shape index (κ1) is 15.1. The van der Waals surface area contributed by atoms with Gasteiger partial charge in [-0.2, -0.15) is 0 Å². The highest BCUT2D eigenvalue weighted by atomic mass is 16.5. The van der Waals surface area contributed by atoms with Crippen LogP contribution >= 0.6 is 0 Å². The second-order valence-electron chi connectivity index (χ2n) is 5.46. The Hall–Kier alpha value is -2.82. The Morgan fingerprint density at radius 2 is 2.00 bits per heavy atom. The third-order valence-corrected chi connectivity index (χ3v) is 3.83. The summed E-state index contributed by atoms with van der Waals surface area (Å²) >= 11 is 0. The zero-order valence-corrected chi connectivity index (χ0v) is 12.5. The molecule has 0 saturated heterocycles. The van der Waals surface area contributed by atoms with Crippen LogP contribution in [0.2, 0.25) is 0 Å². The number of hydrogen-bond acceptors (Lipinski definition) is 3. The Bertz CT molecular complexity index is 716. The lowest BCUT2D eigenvalue weighted by Gasteiger charge is -2.11. The van der Waals surface area contributed by atoms with Gasteiger partial charge in [0.1, 0.15) is 5.75 Å². The van der Waals surface area contributed by atoms with E-state index >= 15 is 0 Å². The molecule has 1 aliphatic rings. The SMILES string of the molecule is O=C(O)c1cccc(CCNC(=O)C2Cc3ccccc3O2)c1. The second-order valence-corrected chi connectivity index (χ2v) is 5.46. The van der Waals surface area contributed by atoms with Crippen LogP contribution in [0, 0.1) is 0 Å². The Morgan fingerprint density at radius 1 is 1.17 bits per heavy atom. The van der Waals surface area contributed by atoms with Crippen LogP contribution in [-0.2, 0) is 17.6 Å². The molecule has 2 aromatic carbocycles. The molecular weight excluding hydrogens is 294 g/mol. The molecule has 2 aromatic rings. The summed E-state index contributed by atoms with van der Waals surface area (Å²) in [6.07, 6.45) is 0.668. The van der Waals surface area contributed by atoms with Crippen LogP contribution in [0.3, 0.4) is 0 Å². The molecule has 0 aliphatic carbocycles. The number of carboxylic acid groups (broad SMARTS) is 1. The summed E-state index contributed by atoms with van der Waals surface area (Å²) in [5, 5.41) is 11.8. The predicted octanol–water partition coefficient (Wildman–Crippen LogP) is 2.05. The Kier molecular flexibility index (Phi) is 4.28. The number of carbonyl (C=O) groups excluding carboxylic acids is 1. The molecule has 1 heterocycles. The van der Waals surface area contributed by atoms with Crippen molar-refractivity contribution in [2.75, 3.05) is 6.54 Å². The topological polar surface area (TPSA) is 75.6 Å².